The Morgan fingerprint density at radius 2 is 1.53 bits per heavy atom. The predicted octanol–water partition coefficient (Wildman–Crippen LogP) is 6.49. The van der Waals surface area contributed by atoms with Gasteiger partial charge in [0.05, 0.1) is 5.71 Å². The summed E-state index contributed by atoms with van der Waals surface area (Å²) in [7, 11) is 0. The Morgan fingerprint density at radius 3 is 2.12 bits per heavy atom. The summed E-state index contributed by atoms with van der Waals surface area (Å²) in [4.78, 5) is 30.6. The minimum absolute atomic E-state index is 0.138. The summed E-state index contributed by atoms with van der Waals surface area (Å²) in [6.45, 7) is 3.28. The molecule has 5 nitrogen and oxygen atoms in total. The van der Waals surface area contributed by atoms with Gasteiger partial charge in [-0.1, -0.05) is 54.2 Å². The van der Waals surface area contributed by atoms with Crippen LogP contribution >= 0.6 is 11.8 Å². The molecule has 160 valence electrons. The van der Waals surface area contributed by atoms with Gasteiger partial charge in [0.2, 0.25) is 5.78 Å². The van der Waals surface area contributed by atoms with Crippen LogP contribution in [0.1, 0.15) is 41.9 Å². The number of hydrogen-bond donors (Lipinski definition) is 0. The van der Waals surface area contributed by atoms with Crippen LogP contribution in [0.25, 0.3) is 11.0 Å². The zero-order valence-corrected chi connectivity index (χ0v) is 18.5. The van der Waals surface area contributed by atoms with Crippen LogP contribution in [-0.4, -0.2) is 17.5 Å². The Bertz CT molecular complexity index is 1250. The van der Waals surface area contributed by atoms with Crippen molar-refractivity contribution >= 4 is 40.2 Å². The van der Waals surface area contributed by atoms with E-state index in [9.17, 15) is 9.59 Å². The molecule has 0 radical (unpaired) electrons. The van der Waals surface area contributed by atoms with Gasteiger partial charge in [-0.2, -0.15) is 0 Å². The normalized spacial score (nSPS) is 11.5. The van der Waals surface area contributed by atoms with Crippen LogP contribution in [0, 0.1) is 0 Å². The van der Waals surface area contributed by atoms with Gasteiger partial charge in [0.1, 0.15) is 5.58 Å². The van der Waals surface area contributed by atoms with Crippen molar-refractivity contribution in [3.05, 3.63) is 95.7 Å². The number of carbonyl (C=O) groups excluding carboxylic acids is 2. The van der Waals surface area contributed by atoms with Gasteiger partial charge in [-0.25, -0.2) is 4.79 Å². The zero-order chi connectivity index (χ0) is 22.5. The van der Waals surface area contributed by atoms with Gasteiger partial charge in [0.15, 0.2) is 5.76 Å². The molecule has 0 amide bonds. The molecule has 4 rings (SSSR count). The molecule has 4 aromatic rings. The maximum Gasteiger partial charge on any atom is 0.331 e. The first-order chi connectivity index (χ1) is 15.5. The summed E-state index contributed by atoms with van der Waals surface area (Å²) < 4.78 is 5.69. The molecule has 0 unspecified atom stereocenters. The van der Waals surface area contributed by atoms with Crippen molar-refractivity contribution in [1.82, 2.24) is 0 Å². The topological polar surface area (TPSA) is 68.9 Å². The van der Waals surface area contributed by atoms with E-state index in [1.54, 1.807) is 17.8 Å². The molecule has 32 heavy (non-hydrogen) atoms. The Morgan fingerprint density at radius 1 is 0.906 bits per heavy atom. The SMILES string of the molecule is CC/C(=N\OC(C)=O)c1ccc(Sc2ccc(C(=O)c3cc4ccccc4o3)cc2)cc1. The summed E-state index contributed by atoms with van der Waals surface area (Å²) in [5.41, 5.74) is 2.91. The van der Waals surface area contributed by atoms with Crippen LogP contribution in [-0.2, 0) is 9.63 Å². The molecule has 0 aliphatic heterocycles. The molecule has 0 saturated carbocycles. The van der Waals surface area contributed by atoms with E-state index in [-0.39, 0.29) is 5.78 Å². The maximum absolute atomic E-state index is 12.8. The van der Waals surface area contributed by atoms with Crippen LogP contribution in [0.4, 0.5) is 0 Å². The van der Waals surface area contributed by atoms with Crippen LogP contribution in [0.2, 0.25) is 0 Å². The quantitative estimate of drug-likeness (QED) is 0.141. The smallest absolute Gasteiger partial charge is 0.331 e. The molecule has 0 atom stereocenters. The molecule has 1 heterocycles. The van der Waals surface area contributed by atoms with Crippen LogP contribution in [0.5, 0.6) is 0 Å². The second-order valence-corrected chi connectivity index (χ2v) is 8.25. The lowest BCUT2D eigenvalue weighted by Gasteiger charge is -2.06. The monoisotopic (exact) mass is 443 g/mol. The first-order valence-electron chi connectivity index (χ1n) is 10.2. The molecule has 0 spiro atoms. The van der Waals surface area contributed by atoms with Crippen LogP contribution in [0.3, 0.4) is 0 Å². The third kappa shape index (κ3) is 4.98. The molecule has 0 bridgehead atoms. The molecule has 0 aliphatic carbocycles. The highest BCUT2D eigenvalue weighted by atomic mass is 32.2. The molecule has 0 N–H and O–H groups in total. The van der Waals surface area contributed by atoms with Crippen molar-refractivity contribution < 1.29 is 18.8 Å². The summed E-state index contributed by atoms with van der Waals surface area (Å²) in [6.07, 6.45) is 0.653. The van der Waals surface area contributed by atoms with Crippen molar-refractivity contribution in [1.29, 1.82) is 0 Å². The number of rotatable bonds is 7. The fourth-order valence-corrected chi connectivity index (χ4v) is 4.02. The average Bonchev–Trinajstić information content (AvgIpc) is 3.25. The molecular formula is C26H21NO4S. The summed E-state index contributed by atoms with van der Waals surface area (Å²) in [5, 5.41) is 4.82. The van der Waals surface area contributed by atoms with E-state index in [2.05, 4.69) is 5.16 Å². The standard InChI is InChI=1S/C26H21NO4S/c1-3-23(27-31-17(2)28)18-8-12-21(13-9-18)32-22-14-10-19(11-15-22)26(29)25-16-20-6-4-5-7-24(20)30-25/h4-16H,3H2,1-2H3/b27-23+. The summed E-state index contributed by atoms with van der Waals surface area (Å²) in [6, 6.07) is 24.7. The van der Waals surface area contributed by atoms with Gasteiger partial charge in [-0.15, -0.1) is 0 Å². The highest BCUT2D eigenvalue weighted by molar-refractivity contribution is 7.99. The van der Waals surface area contributed by atoms with Gasteiger partial charge in [0, 0.05) is 27.7 Å². The number of ketones is 1. The Kier molecular flexibility index (Phi) is 6.52. The van der Waals surface area contributed by atoms with E-state index in [1.807, 2.05) is 79.7 Å². The molecule has 0 saturated heterocycles. The lowest BCUT2D eigenvalue weighted by atomic mass is 10.1. The van der Waals surface area contributed by atoms with E-state index in [4.69, 9.17) is 9.25 Å². The van der Waals surface area contributed by atoms with Crippen molar-refractivity contribution in [2.75, 3.05) is 0 Å². The number of oxime groups is 1. The van der Waals surface area contributed by atoms with Gasteiger partial charge < -0.3 is 9.25 Å². The number of carbonyl (C=O) groups is 2. The zero-order valence-electron chi connectivity index (χ0n) is 17.7. The van der Waals surface area contributed by atoms with E-state index < -0.39 is 5.97 Å². The fourth-order valence-electron chi connectivity index (χ4n) is 3.20. The van der Waals surface area contributed by atoms with Gasteiger partial charge in [-0.05, 0) is 60.5 Å². The lowest BCUT2D eigenvalue weighted by Crippen LogP contribution is -2.02. The molecule has 1 aromatic heterocycles. The average molecular weight is 444 g/mol. The van der Waals surface area contributed by atoms with Crippen molar-refractivity contribution in [3.8, 4) is 0 Å². The first-order valence-corrected chi connectivity index (χ1v) is 11.0. The Balaban J connectivity index is 1.44. The van der Waals surface area contributed by atoms with Crippen LogP contribution < -0.4 is 0 Å². The van der Waals surface area contributed by atoms with Crippen LogP contribution in [0.15, 0.2) is 98.2 Å². The highest BCUT2D eigenvalue weighted by Gasteiger charge is 2.14. The van der Waals surface area contributed by atoms with E-state index in [0.29, 0.717) is 29.0 Å². The van der Waals surface area contributed by atoms with E-state index in [1.165, 1.54) is 6.92 Å². The maximum atomic E-state index is 12.8. The molecular weight excluding hydrogens is 422 g/mol. The van der Waals surface area contributed by atoms with Gasteiger partial charge in [-0.3, -0.25) is 4.79 Å². The number of furan rings is 1. The highest BCUT2D eigenvalue weighted by Crippen LogP contribution is 2.29. The predicted molar refractivity (Wildman–Crippen MR) is 125 cm³/mol. The van der Waals surface area contributed by atoms with Gasteiger partial charge in [0.25, 0.3) is 0 Å². The fraction of sp³-hybridized carbons (Fsp3) is 0.115. The minimum Gasteiger partial charge on any atom is -0.453 e. The largest absolute Gasteiger partial charge is 0.453 e. The third-order valence-electron chi connectivity index (χ3n) is 4.81. The number of benzene rings is 3. The molecule has 6 heteroatoms. The molecule has 0 fully saturated rings. The third-order valence-corrected chi connectivity index (χ3v) is 5.82. The molecule has 3 aromatic carbocycles. The Hall–Kier alpha value is -3.64. The summed E-state index contributed by atoms with van der Waals surface area (Å²) in [5.74, 6) is -0.240. The number of nitrogens with zero attached hydrogens (tertiary/aromatic N) is 1. The Labute approximate surface area is 190 Å². The minimum atomic E-state index is -0.439. The number of para-hydroxylation sites is 1. The first kappa shape index (κ1) is 21.6. The number of fused-ring (bicyclic) bond motifs is 1. The second-order valence-electron chi connectivity index (χ2n) is 7.10. The van der Waals surface area contributed by atoms with Crippen molar-refractivity contribution in [2.24, 2.45) is 5.16 Å². The van der Waals surface area contributed by atoms with Gasteiger partial charge >= 0.3 is 5.97 Å². The van der Waals surface area contributed by atoms with E-state index in [0.717, 1.165) is 20.7 Å². The lowest BCUT2D eigenvalue weighted by molar-refractivity contribution is -0.140. The van der Waals surface area contributed by atoms with Crippen molar-refractivity contribution in [3.63, 3.8) is 0 Å². The van der Waals surface area contributed by atoms with E-state index >= 15 is 0 Å². The summed E-state index contributed by atoms with van der Waals surface area (Å²) >= 11 is 1.59. The number of hydrogen-bond acceptors (Lipinski definition) is 6. The second kappa shape index (κ2) is 9.66. The van der Waals surface area contributed by atoms with Crippen molar-refractivity contribution in [2.45, 2.75) is 30.1 Å². The molecule has 0 aliphatic rings.